The lowest BCUT2D eigenvalue weighted by Crippen LogP contribution is -2.25. The van der Waals surface area contributed by atoms with Crippen LogP contribution in [0.1, 0.15) is 17.7 Å². The van der Waals surface area contributed by atoms with Crippen LogP contribution in [0.5, 0.6) is 0 Å². The van der Waals surface area contributed by atoms with Crippen LogP contribution < -0.4 is 4.72 Å². The van der Waals surface area contributed by atoms with E-state index in [1.54, 1.807) is 6.20 Å². The molecular weight excluding hydrogens is 291 g/mol. The molecule has 21 heavy (non-hydrogen) atoms. The Morgan fingerprint density at radius 1 is 1.24 bits per heavy atom. The van der Waals surface area contributed by atoms with Crippen molar-refractivity contribution in [2.75, 3.05) is 6.54 Å². The fraction of sp³-hybridized carbons (Fsp3) is 0.267. The second kappa shape index (κ2) is 6.78. The number of pyridine rings is 1. The molecule has 0 aliphatic carbocycles. The van der Waals surface area contributed by atoms with Crippen LogP contribution in [0.25, 0.3) is 0 Å². The molecule has 0 unspecified atom stereocenters. The lowest BCUT2D eigenvalue weighted by molar-refractivity contribution is 0.577. The van der Waals surface area contributed by atoms with E-state index in [9.17, 15) is 12.8 Å². The zero-order valence-corrected chi connectivity index (χ0v) is 12.5. The number of sulfonamides is 1. The van der Waals surface area contributed by atoms with E-state index in [1.165, 1.54) is 19.1 Å². The number of nitrogens with one attached hydrogen (secondary N) is 1. The van der Waals surface area contributed by atoms with Gasteiger partial charge in [0.2, 0.25) is 10.0 Å². The van der Waals surface area contributed by atoms with Gasteiger partial charge in [-0.25, -0.2) is 17.5 Å². The van der Waals surface area contributed by atoms with Crippen LogP contribution in [-0.2, 0) is 16.4 Å². The number of rotatable bonds is 6. The van der Waals surface area contributed by atoms with E-state index in [0.717, 1.165) is 11.8 Å². The number of aryl methyl sites for hydroxylation is 2. The highest BCUT2D eigenvalue weighted by Crippen LogP contribution is 2.14. The zero-order valence-electron chi connectivity index (χ0n) is 11.7. The molecule has 0 radical (unpaired) electrons. The van der Waals surface area contributed by atoms with E-state index < -0.39 is 15.8 Å². The lowest BCUT2D eigenvalue weighted by Gasteiger charge is -2.07. The van der Waals surface area contributed by atoms with E-state index in [-0.39, 0.29) is 4.90 Å². The van der Waals surface area contributed by atoms with Crippen LogP contribution in [0.15, 0.2) is 47.5 Å². The fourth-order valence-corrected chi connectivity index (χ4v) is 3.05. The van der Waals surface area contributed by atoms with Crippen LogP contribution in [0.3, 0.4) is 0 Å². The number of benzene rings is 1. The third-order valence-electron chi connectivity index (χ3n) is 3.07. The maximum Gasteiger partial charge on any atom is 0.240 e. The SMILES string of the molecule is Cc1cc(S(=O)(=O)NCCCc2ccccn2)ccc1F. The molecule has 0 aliphatic rings. The summed E-state index contributed by atoms with van der Waals surface area (Å²) in [5.41, 5.74) is 1.24. The summed E-state index contributed by atoms with van der Waals surface area (Å²) in [7, 11) is -3.59. The minimum atomic E-state index is -3.59. The Hall–Kier alpha value is -1.79. The number of hydrogen-bond acceptors (Lipinski definition) is 3. The summed E-state index contributed by atoms with van der Waals surface area (Å²) in [6.07, 6.45) is 3.06. The first-order valence-corrected chi connectivity index (χ1v) is 8.13. The molecule has 0 saturated carbocycles. The minimum Gasteiger partial charge on any atom is -0.261 e. The Morgan fingerprint density at radius 2 is 2.05 bits per heavy atom. The van der Waals surface area contributed by atoms with Gasteiger partial charge in [0.15, 0.2) is 0 Å². The maximum absolute atomic E-state index is 13.2. The zero-order chi connectivity index (χ0) is 15.3. The predicted molar refractivity (Wildman–Crippen MR) is 78.9 cm³/mol. The summed E-state index contributed by atoms with van der Waals surface area (Å²) in [6.45, 7) is 1.85. The quantitative estimate of drug-likeness (QED) is 0.834. The average molecular weight is 308 g/mol. The van der Waals surface area contributed by atoms with Gasteiger partial charge in [-0.2, -0.15) is 0 Å². The van der Waals surface area contributed by atoms with Crippen LogP contribution in [0, 0.1) is 12.7 Å². The Kier molecular flexibility index (Phi) is 5.03. The molecule has 6 heteroatoms. The van der Waals surface area contributed by atoms with Crippen molar-refractivity contribution in [1.82, 2.24) is 9.71 Å². The molecule has 4 nitrogen and oxygen atoms in total. The number of aromatic nitrogens is 1. The molecule has 1 aromatic heterocycles. The first-order valence-electron chi connectivity index (χ1n) is 6.65. The third-order valence-corrected chi connectivity index (χ3v) is 4.53. The van der Waals surface area contributed by atoms with Gasteiger partial charge in [-0.05, 0) is 55.7 Å². The molecule has 0 bridgehead atoms. The first kappa shape index (κ1) is 15.6. The van der Waals surface area contributed by atoms with Crippen molar-refractivity contribution < 1.29 is 12.8 Å². The molecule has 2 aromatic rings. The molecule has 0 aliphatic heterocycles. The van der Waals surface area contributed by atoms with Gasteiger partial charge in [-0.15, -0.1) is 0 Å². The second-order valence-electron chi connectivity index (χ2n) is 4.73. The molecule has 0 spiro atoms. The summed E-state index contributed by atoms with van der Waals surface area (Å²) in [5, 5.41) is 0. The Balaban J connectivity index is 1.91. The van der Waals surface area contributed by atoms with Gasteiger partial charge in [-0.3, -0.25) is 4.98 Å². The monoisotopic (exact) mass is 308 g/mol. The van der Waals surface area contributed by atoms with E-state index in [2.05, 4.69) is 9.71 Å². The molecule has 0 atom stereocenters. The van der Waals surface area contributed by atoms with Crippen molar-refractivity contribution in [3.05, 3.63) is 59.7 Å². The van der Waals surface area contributed by atoms with Crippen molar-refractivity contribution in [3.8, 4) is 0 Å². The Morgan fingerprint density at radius 3 is 2.71 bits per heavy atom. The largest absolute Gasteiger partial charge is 0.261 e. The molecule has 1 heterocycles. The summed E-state index contributed by atoms with van der Waals surface area (Å²) in [6, 6.07) is 9.40. The van der Waals surface area contributed by atoms with Gasteiger partial charge in [-0.1, -0.05) is 6.07 Å². The normalized spacial score (nSPS) is 11.5. The van der Waals surface area contributed by atoms with Gasteiger partial charge < -0.3 is 0 Å². The summed E-state index contributed by atoms with van der Waals surface area (Å²) < 4.78 is 39.8. The van der Waals surface area contributed by atoms with Crippen LogP contribution in [0.4, 0.5) is 4.39 Å². The van der Waals surface area contributed by atoms with Crippen molar-refractivity contribution in [2.45, 2.75) is 24.7 Å². The van der Waals surface area contributed by atoms with E-state index in [1.807, 2.05) is 18.2 Å². The standard InChI is InChI=1S/C15H17FN2O2S/c1-12-11-14(7-8-15(12)16)21(19,20)18-10-4-6-13-5-2-3-9-17-13/h2-3,5,7-9,11,18H,4,6,10H2,1H3. The Bertz CT molecular complexity index is 703. The molecule has 1 aromatic carbocycles. The van der Waals surface area contributed by atoms with Gasteiger partial charge in [0, 0.05) is 18.4 Å². The topological polar surface area (TPSA) is 59.1 Å². The summed E-state index contributed by atoms with van der Waals surface area (Å²) in [4.78, 5) is 4.26. The highest BCUT2D eigenvalue weighted by Gasteiger charge is 2.14. The molecule has 1 N–H and O–H groups in total. The van der Waals surface area contributed by atoms with Crippen molar-refractivity contribution >= 4 is 10.0 Å². The summed E-state index contributed by atoms with van der Waals surface area (Å²) in [5.74, 6) is -0.413. The number of nitrogens with zero attached hydrogens (tertiary/aromatic N) is 1. The molecular formula is C15H17FN2O2S. The minimum absolute atomic E-state index is 0.0826. The molecule has 112 valence electrons. The highest BCUT2D eigenvalue weighted by atomic mass is 32.2. The van der Waals surface area contributed by atoms with E-state index in [0.29, 0.717) is 24.9 Å². The van der Waals surface area contributed by atoms with E-state index >= 15 is 0 Å². The fourth-order valence-electron chi connectivity index (χ4n) is 1.89. The lowest BCUT2D eigenvalue weighted by atomic mass is 10.2. The predicted octanol–water partition coefficient (Wildman–Crippen LogP) is 2.44. The smallest absolute Gasteiger partial charge is 0.240 e. The number of halogens is 1. The van der Waals surface area contributed by atoms with Gasteiger partial charge in [0.1, 0.15) is 5.82 Å². The number of hydrogen-bond donors (Lipinski definition) is 1. The third kappa shape index (κ3) is 4.34. The Labute approximate surface area is 124 Å². The molecule has 0 amide bonds. The van der Waals surface area contributed by atoms with Crippen molar-refractivity contribution in [1.29, 1.82) is 0 Å². The summed E-state index contributed by atoms with van der Waals surface area (Å²) >= 11 is 0. The van der Waals surface area contributed by atoms with Gasteiger partial charge >= 0.3 is 0 Å². The van der Waals surface area contributed by atoms with Crippen molar-refractivity contribution in [3.63, 3.8) is 0 Å². The van der Waals surface area contributed by atoms with Crippen LogP contribution >= 0.6 is 0 Å². The first-order chi connectivity index (χ1) is 9.99. The highest BCUT2D eigenvalue weighted by molar-refractivity contribution is 7.89. The molecule has 0 saturated heterocycles. The van der Waals surface area contributed by atoms with Gasteiger partial charge in [0.05, 0.1) is 4.90 Å². The van der Waals surface area contributed by atoms with Crippen molar-refractivity contribution in [2.24, 2.45) is 0 Å². The van der Waals surface area contributed by atoms with E-state index in [4.69, 9.17) is 0 Å². The molecule has 2 rings (SSSR count). The average Bonchev–Trinajstić information content (AvgIpc) is 2.47. The second-order valence-corrected chi connectivity index (χ2v) is 6.50. The van der Waals surface area contributed by atoms with Crippen LogP contribution in [-0.4, -0.2) is 19.9 Å². The maximum atomic E-state index is 13.2. The molecule has 0 fully saturated rings. The van der Waals surface area contributed by atoms with Gasteiger partial charge in [0.25, 0.3) is 0 Å². The van der Waals surface area contributed by atoms with Crippen LogP contribution in [0.2, 0.25) is 0 Å².